The molecule has 0 bridgehead atoms. The Morgan fingerprint density at radius 1 is 0.391 bits per heavy atom. The number of benzene rings is 2. The van der Waals surface area contributed by atoms with Gasteiger partial charge in [0.15, 0.2) is 0 Å². The van der Waals surface area contributed by atoms with Crippen molar-refractivity contribution >= 4 is 21.5 Å². The zero-order valence-electron chi connectivity index (χ0n) is 15.4. The summed E-state index contributed by atoms with van der Waals surface area (Å²) in [5.74, 6) is 0. The molecule has 0 aliphatic rings. The van der Waals surface area contributed by atoms with Crippen LogP contribution >= 0.6 is 0 Å². The molecule has 0 nitrogen and oxygen atoms in total. The Hall–Kier alpha value is -0.313. The van der Waals surface area contributed by atoms with Crippen LogP contribution in [0.2, 0.25) is 0 Å². The van der Waals surface area contributed by atoms with Crippen molar-refractivity contribution in [2.45, 2.75) is 55.4 Å². The normalized spacial score (nSPS) is 10.8. The molecule has 0 spiro atoms. The predicted octanol–water partition coefficient (Wildman–Crippen LogP) is 6.17. The zero-order valence-corrected chi connectivity index (χ0v) is 21.3. The molecule has 0 aromatic heterocycles. The monoisotopic (exact) mass is 645 g/mol. The van der Waals surface area contributed by atoms with Crippen LogP contribution in [0.25, 0.3) is 21.5 Å². The van der Waals surface area contributed by atoms with Crippen molar-refractivity contribution in [1.29, 1.82) is 0 Å². The van der Waals surface area contributed by atoms with Gasteiger partial charge in [-0.15, -0.1) is 38.7 Å². The maximum Gasteiger partial charge on any atom is 0 e. The molecule has 0 saturated carbocycles. The van der Waals surface area contributed by atoms with Gasteiger partial charge in [-0.1, -0.05) is 47.2 Å². The van der Waals surface area contributed by atoms with Crippen molar-refractivity contribution in [3.63, 3.8) is 0 Å². The van der Waals surface area contributed by atoms with Crippen LogP contribution in [0.1, 0.15) is 44.5 Å². The molecule has 0 N–H and O–H groups in total. The molecular weight excluding hydrogens is 620 g/mol. The molecule has 23 heavy (non-hydrogen) atoms. The number of aryl methyl sites for hydroxylation is 4. The quantitative estimate of drug-likeness (QED) is 0.257. The molecule has 0 aliphatic heterocycles. The van der Waals surface area contributed by atoms with E-state index in [2.05, 4.69) is 61.5 Å². The van der Waals surface area contributed by atoms with Crippen LogP contribution in [0.5, 0.6) is 0 Å². The fourth-order valence-electron chi connectivity index (χ4n) is 3.83. The maximum absolute atomic E-state index is 2.42. The molecule has 0 atom stereocenters. The summed E-state index contributed by atoms with van der Waals surface area (Å²) in [6, 6.07) is 2.42. The first-order valence-electron chi connectivity index (χ1n) is 7.83. The van der Waals surface area contributed by atoms with Crippen LogP contribution in [0, 0.1) is 55.4 Å². The van der Waals surface area contributed by atoms with Crippen molar-refractivity contribution in [1.82, 2.24) is 0 Å². The van der Waals surface area contributed by atoms with Gasteiger partial charge in [0.25, 0.3) is 0 Å². The molecule has 0 unspecified atom stereocenters. The fraction of sp³-hybridized carbons (Fsp3) is 0.381. The van der Waals surface area contributed by atoms with Crippen LogP contribution in [-0.2, 0) is 42.1 Å². The summed E-state index contributed by atoms with van der Waals surface area (Å²) in [7, 11) is 0. The van der Waals surface area contributed by atoms with E-state index in [9.17, 15) is 0 Å². The summed E-state index contributed by atoms with van der Waals surface area (Å²) in [5, 5.41) is 5.85. The van der Waals surface area contributed by atoms with Crippen molar-refractivity contribution in [2.24, 2.45) is 0 Å². The van der Waals surface area contributed by atoms with E-state index in [1.807, 2.05) is 0 Å². The van der Waals surface area contributed by atoms with E-state index in [0.29, 0.717) is 0 Å². The minimum Gasteiger partial charge on any atom is -0.126 e. The second kappa shape index (κ2) is 6.90. The van der Waals surface area contributed by atoms with E-state index in [0.717, 1.165) is 0 Å². The zero-order chi connectivity index (χ0) is 15.6. The fourth-order valence-corrected chi connectivity index (χ4v) is 3.83. The summed E-state index contributed by atoms with van der Waals surface area (Å²) in [6.45, 7) is 18.1. The molecule has 0 aliphatic carbocycles. The van der Waals surface area contributed by atoms with E-state index < -0.39 is 0 Å². The third-order valence-corrected chi connectivity index (χ3v) is 6.01. The van der Waals surface area contributed by atoms with E-state index in [-0.39, 0.29) is 42.1 Å². The third-order valence-electron chi connectivity index (χ3n) is 6.01. The summed E-state index contributed by atoms with van der Waals surface area (Å²) < 4.78 is 0. The molecule has 0 amide bonds. The standard InChI is InChI=1S/C21H25.2W/c1-10-12(3)16(7)20-18(14(10)5)9-19-15(6)11(2)13(4)17(8)21(19)20;;/h9H,1-8H3;;/q-1;;. The van der Waals surface area contributed by atoms with Gasteiger partial charge in [-0.2, -0.15) is 0 Å². The van der Waals surface area contributed by atoms with E-state index in [4.69, 9.17) is 0 Å². The summed E-state index contributed by atoms with van der Waals surface area (Å²) in [4.78, 5) is 0. The molecular formula is C21H25W2-. The second-order valence-electron chi connectivity index (χ2n) is 6.72. The Kier molecular flexibility index (Phi) is 6.22. The minimum atomic E-state index is 0. The molecule has 0 heterocycles. The van der Waals surface area contributed by atoms with Crippen LogP contribution in [0.15, 0.2) is 6.07 Å². The Bertz CT molecular complexity index is 837. The third kappa shape index (κ3) is 2.71. The molecule has 0 saturated heterocycles. The Morgan fingerprint density at radius 3 is 0.957 bits per heavy atom. The summed E-state index contributed by atoms with van der Waals surface area (Å²) >= 11 is 0. The maximum atomic E-state index is 2.42. The van der Waals surface area contributed by atoms with Crippen molar-refractivity contribution in [3.8, 4) is 0 Å². The first-order valence-corrected chi connectivity index (χ1v) is 7.83. The average Bonchev–Trinajstić information content (AvgIpc) is 2.87. The van der Waals surface area contributed by atoms with Crippen molar-refractivity contribution < 1.29 is 42.1 Å². The first-order chi connectivity index (χ1) is 9.77. The van der Waals surface area contributed by atoms with Gasteiger partial charge in [0.2, 0.25) is 0 Å². The Morgan fingerprint density at radius 2 is 0.652 bits per heavy atom. The van der Waals surface area contributed by atoms with Gasteiger partial charge in [0, 0.05) is 42.1 Å². The SMILES string of the molecule is Cc1c(C)c(C)c2c([cH-]c3c(C)c(C)c(C)c(C)c32)c1C.[W].[W]. The van der Waals surface area contributed by atoms with Gasteiger partial charge in [0.05, 0.1) is 0 Å². The number of hydrogen-bond donors (Lipinski definition) is 0. The summed E-state index contributed by atoms with van der Waals surface area (Å²) in [5.41, 5.74) is 11.6. The van der Waals surface area contributed by atoms with Gasteiger partial charge in [-0.3, -0.25) is 0 Å². The molecule has 0 fully saturated rings. The van der Waals surface area contributed by atoms with Crippen LogP contribution < -0.4 is 0 Å². The average molecular weight is 645 g/mol. The molecule has 3 aromatic rings. The molecule has 3 aromatic carbocycles. The van der Waals surface area contributed by atoms with Crippen LogP contribution in [-0.4, -0.2) is 0 Å². The van der Waals surface area contributed by atoms with E-state index >= 15 is 0 Å². The first kappa shape index (κ1) is 20.7. The number of fused-ring (bicyclic) bond motifs is 3. The van der Waals surface area contributed by atoms with E-state index in [1.165, 1.54) is 66.1 Å². The van der Waals surface area contributed by atoms with Gasteiger partial charge in [-0.25, -0.2) is 0 Å². The summed E-state index contributed by atoms with van der Waals surface area (Å²) in [6.07, 6.45) is 0. The van der Waals surface area contributed by atoms with Crippen molar-refractivity contribution in [2.75, 3.05) is 0 Å². The largest absolute Gasteiger partial charge is 0.126 e. The van der Waals surface area contributed by atoms with Crippen LogP contribution in [0.4, 0.5) is 0 Å². The van der Waals surface area contributed by atoms with Crippen LogP contribution in [0.3, 0.4) is 0 Å². The molecule has 122 valence electrons. The second-order valence-corrected chi connectivity index (χ2v) is 6.72. The Labute approximate surface area is 168 Å². The number of hydrogen-bond acceptors (Lipinski definition) is 0. The smallest absolute Gasteiger partial charge is 0 e. The minimum absolute atomic E-state index is 0. The molecule has 3 rings (SSSR count). The number of rotatable bonds is 0. The van der Waals surface area contributed by atoms with Gasteiger partial charge < -0.3 is 0 Å². The molecule has 0 radical (unpaired) electrons. The Balaban J connectivity index is 0.00000132. The predicted molar refractivity (Wildman–Crippen MR) is 94.9 cm³/mol. The van der Waals surface area contributed by atoms with E-state index in [1.54, 1.807) is 0 Å². The van der Waals surface area contributed by atoms with Crippen molar-refractivity contribution in [3.05, 3.63) is 50.6 Å². The van der Waals surface area contributed by atoms with Gasteiger partial charge >= 0.3 is 0 Å². The topological polar surface area (TPSA) is 0 Å². The van der Waals surface area contributed by atoms with Gasteiger partial charge in [-0.05, 0) is 41.5 Å². The van der Waals surface area contributed by atoms with Gasteiger partial charge in [0.1, 0.15) is 0 Å². The molecule has 2 heteroatoms.